The Morgan fingerprint density at radius 1 is 1.07 bits per heavy atom. The minimum absolute atomic E-state index is 0.0443. The van der Waals surface area contributed by atoms with E-state index >= 15 is 0 Å². The van der Waals surface area contributed by atoms with Crippen LogP contribution in [0.4, 0.5) is 13.2 Å². The number of hydrogen-bond acceptors (Lipinski definition) is 7. The third-order valence-corrected chi connectivity index (χ3v) is 5.46. The minimum Gasteiger partial charge on any atom is -0.395 e. The lowest BCUT2D eigenvalue weighted by Crippen LogP contribution is -2.38. The Hall–Kier alpha value is -2.67. The highest BCUT2D eigenvalue weighted by molar-refractivity contribution is 7.89. The molecule has 0 saturated heterocycles. The molecule has 0 aromatic heterocycles. The summed E-state index contributed by atoms with van der Waals surface area (Å²) < 4.78 is 64.1. The van der Waals surface area contributed by atoms with Crippen LogP contribution in [-0.2, 0) is 22.7 Å². The molecule has 2 aromatic rings. The van der Waals surface area contributed by atoms with E-state index in [1.807, 2.05) is 0 Å². The van der Waals surface area contributed by atoms with Gasteiger partial charge in [-0.05, 0) is 42.0 Å². The molecule has 4 N–H and O–H groups in total. The summed E-state index contributed by atoms with van der Waals surface area (Å²) in [5, 5.41) is 14.4. The number of rotatable bonds is 7. The van der Waals surface area contributed by atoms with Gasteiger partial charge < -0.3 is 5.11 Å². The van der Waals surface area contributed by atoms with Crippen LogP contribution in [-0.4, -0.2) is 37.6 Å². The third kappa shape index (κ3) is 5.23. The fourth-order valence-corrected chi connectivity index (χ4v) is 3.54. The SMILES string of the molecule is O=S(=O)(NCCO)c1ccc(C2=NN(Cc3ccc(C(F)(F)F)cc3)NN2)cc1. The van der Waals surface area contributed by atoms with Crippen molar-refractivity contribution in [1.82, 2.24) is 20.8 Å². The van der Waals surface area contributed by atoms with E-state index < -0.39 is 21.8 Å². The van der Waals surface area contributed by atoms with Gasteiger partial charge in [0.1, 0.15) is 0 Å². The summed E-state index contributed by atoms with van der Waals surface area (Å²) in [7, 11) is -3.70. The van der Waals surface area contributed by atoms with E-state index in [0.29, 0.717) is 17.0 Å². The molecule has 2 aromatic carbocycles. The van der Waals surface area contributed by atoms with Crippen LogP contribution in [0.2, 0.25) is 0 Å². The molecule has 156 valence electrons. The van der Waals surface area contributed by atoms with Gasteiger partial charge >= 0.3 is 6.18 Å². The maximum atomic E-state index is 12.6. The number of sulfonamides is 1. The number of nitrogens with zero attached hydrogens (tertiary/aromatic N) is 2. The summed E-state index contributed by atoms with van der Waals surface area (Å²) in [6.45, 7) is -0.175. The Morgan fingerprint density at radius 3 is 2.31 bits per heavy atom. The van der Waals surface area contributed by atoms with Crippen molar-refractivity contribution < 1.29 is 26.7 Å². The second-order valence-corrected chi connectivity index (χ2v) is 7.85. The number of nitrogens with one attached hydrogen (secondary N) is 3. The number of hydrazone groups is 1. The van der Waals surface area contributed by atoms with Crippen LogP contribution in [0.15, 0.2) is 58.5 Å². The molecular weight excluding hydrogens is 411 g/mol. The fourth-order valence-electron chi connectivity index (χ4n) is 2.52. The molecule has 0 radical (unpaired) electrons. The number of alkyl halides is 3. The highest BCUT2D eigenvalue weighted by Gasteiger charge is 2.30. The minimum atomic E-state index is -4.38. The molecule has 1 heterocycles. The standard InChI is InChI=1S/C17H18F3N5O3S/c18-17(19,20)14-5-1-12(2-6-14)11-25-23-16(22-24-25)13-3-7-15(8-4-13)29(27,28)21-9-10-26/h1-8,21,24,26H,9-11H2,(H,22,23). The summed E-state index contributed by atoms with van der Waals surface area (Å²) in [5.74, 6) is 0.421. The second-order valence-electron chi connectivity index (χ2n) is 6.08. The van der Waals surface area contributed by atoms with Gasteiger partial charge in [-0.2, -0.15) is 13.2 Å². The zero-order valence-corrected chi connectivity index (χ0v) is 15.8. The molecule has 1 aliphatic rings. The predicted octanol–water partition coefficient (Wildman–Crippen LogP) is 1.16. The molecular formula is C17H18F3N5O3S. The molecule has 3 rings (SSSR count). The third-order valence-electron chi connectivity index (χ3n) is 3.98. The Bertz CT molecular complexity index is 977. The number of halogens is 3. The van der Waals surface area contributed by atoms with Crippen molar-refractivity contribution in [2.45, 2.75) is 17.6 Å². The van der Waals surface area contributed by atoms with E-state index in [9.17, 15) is 21.6 Å². The van der Waals surface area contributed by atoms with Crippen molar-refractivity contribution in [2.24, 2.45) is 5.10 Å². The molecule has 0 amide bonds. The van der Waals surface area contributed by atoms with E-state index in [-0.39, 0.29) is 24.6 Å². The maximum absolute atomic E-state index is 12.6. The van der Waals surface area contributed by atoms with Gasteiger partial charge in [-0.3, -0.25) is 5.43 Å². The highest BCUT2D eigenvalue weighted by atomic mass is 32.2. The predicted molar refractivity (Wildman–Crippen MR) is 98.5 cm³/mol. The van der Waals surface area contributed by atoms with Gasteiger partial charge in [0.15, 0.2) is 5.84 Å². The van der Waals surface area contributed by atoms with E-state index in [1.54, 1.807) is 12.1 Å². The van der Waals surface area contributed by atoms with Crippen molar-refractivity contribution in [3.05, 3.63) is 65.2 Å². The summed E-state index contributed by atoms with van der Waals surface area (Å²) in [6, 6.07) is 10.7. The van der Waals surface area contributed by atoms with Crippen LogP contribution in [0.25, 0.3) is 0 Å². The Morgan fingerprint density at radius 2 is 1.72 bits per heavy atom. The van der Waals surface area contributed by atoms with Crippen LogP contribution >= 0.6 is 0 Å². The number of aliphatic hydroxyl groups excluding tert-OH is 1. The molecule has 8 nitrogen and oxygen atoms in total. The zero-order chi connectivity index (χ0) is 21.1. The Balaban J connectivity index is 1.66. The van der Waals surface area contributed by atoms with Gasteiger partial charge in [-0.25, -0.2) is 18.3 Å². The lowest BCUT2D eigenvalue weighted by atomic mass is 10.1. The molecule has 0 fully saturated rings. The van der Waals surface area contributed by atoms with Crippen molar-refractivity contribution in [1.29, 1.82) is 0 Å². The van der Waals surface area contributed by atoms with Crippen molar-refractivity contribution in [3.8, 4) is 0 Å². The maximum Gasteiger partial charge on any atom is 0.416 e. The number of hydrazine groups is 2. The monoisotopic (exact) mass is 429 g/mol. The lowest BCUT2D eigenvalue weighted by molar-refractivity contribution is -0.137. The zero-order valence-electron chi connectivity index (χ0n) is 14.9. The lowest BCUT2D eigenvalue weighted by Gasteiger charge is -2.13. The summed E-state index contributed by atoms with van der Waals surface area (Å²) in [5.41, 5.74) is 6.09. The molecule has 0 bridgehead atoms. The Kier molecular flexibility index (Phi) is 6.07. The molecule has 0 aliphatic carbocycles. The van der Waals surface area contributed by atoms with Gasteiger partial charge in [0, 0.05) is 12.1 Å². The number of benzene rings is 2. The van der Waals surface area contributed by atoms with Crippen LogP contribution < -0.4 is 15.7 Å². The van der Waals surface area contributed by atoms with Crippen LogP contribution in [0, 0.1) is 0 Å². The van der Waals surface area contributed by atoms with E-state index in [0.717, 1.165) is 12.1 Å². The average Bonchev–Trinajstić information content (AvgIpc) is 3.15. The van der Waals surface area contributed by atoms with Gasteiger partial charge in [0.2, 0.25) is 10.0 Å². The largest absolute Gasteiger partial charge is 0.416 e. The first kappa shape index (κ1) is 21.0. The van der Waals surface area contributed by atoms with Gasteiger partial charge in [0.05, 0.1) is 23.6 Å². The summed E-state index contributed by atoms with van der Waals surface area (Å²) in [4.78, 5) is 0.0443. The molecule has 1 aliphatic heterocycles. The quantitative estimate of drug-likeness (QED) is 0.527. The molecule has 0 spiro atoms. The number of amidine groups is 1. The first-order valence-electron chi connectivity index (χ1n) is 8.44. The van der Waals surface area contributed by atoms with Gasteiger partial charge in [0.25, 0.3) is 0 Å². The van der Waals surface area contributed by atoms with E-state index in [2.05, 4.69) is 20.8 Å². The first-order chi connectivity index (χ1) is 13.7. The normalized spacial score (nSPS) is 14.6. The second kappa shape index (κ2) is 8.37. The topological polar surface area (TPSA) is 106 Å². The molecule has 0 unspecified atom stereocenters. The van der Waals surface area contributed by atoms with Crippen molar-refractivity contribution in [3.63, 3.8) is 0 Å². The average molecular weight is 429 g/mol. The van der Waals surface area contributed by atoms with Crippen LogP contribution in [0.1, 0.15) is 16.7 Å². The Labute approximate surface area is 165 Å². The smallest absolute Gasteiger partial charge is 0.395 e. The van der Waals surface area contributed by atoms with Gasteiger partial charge in [-0.1, -0.05) is 12.1 Å². The summed E-state index contributed by atoms with van der Waals surface area (Å²) >= 11 is 0. The summed E-state index contributed by atoms with van der Waals surface area (Å²) in [6.07, 6.45) is -4.38. The highest BCUT2D eigenvalue weighted by Crippen LogP contribution is 2.29. The first-order valence-corrected chi connectivity index (χ1v) is 9.92. The number of hydrogen-bond donors (Lipinski definition) is 4. The van der Waals surface area contributed by atoms with Crippen molar-refractivity contribution >= 4 is 15.9 Å². The number of aliphatic hydroxyl groups is 1. The molecule has 0 atom stereocenters. The van der Waals surface area contributed by atoms with Crippen LogP contribution in [0.5, 0.6) is 0 Å². The van der Waals surface area contributed by atoms with Crippen molar-refractivity contribution in [2.75, 3.05) is 13.2 Å². The molecule has 0 saturated carbocycles. The van der Waals surface area contributed by atoms with Gasteiger partial charge in [-0.15, -0.1) is 10.6 Å². The molecule has 29 heavy (non-hydrogen) atoms. The molecule has 12 heteroatoms. The van der Waals surface area contributed by atoms with Crippen LogP contribution in [0.3, 0.4) is 0 Å². The van der Waals surface area contributed by atoms with E-state index in [4.69, 9.17) is 5.11 Å². The van der Waals surface area contributed by atoms with E-state index in [1.165, 1.54) is 29.4 Å². The fraction of sp³-hybridized carbons (Fsp3) is 0.235.